The van der Waals surface area contributed by atoms with Gasteiger partial charge in [0.15, 0.2) is 5.11 Å². The van der Waals surface area contributed by atoms with E-state index in [9.17, 15) is 4.79 Å². The third-order valence-electron chi connectivity index (χ3n) is 5.81. The number of nitrogens with zero attached hydrogens (tertiary/aromatic N) is 2. The van der Waals surface area contributed by atoms with Gasteiger partial charge in [0, 0.05) is 24.2 Å². The van der Waals surface area contributed by atoms with Crippen molar-refractivity contribution in [2.24, 2.45) is 0 Å². The Morgan fingerprint density at radius 1 is 1.03 bits per heavy atom. The van der Waals surface area contributed by atoms with Crippen molar-refractivity contribution in [2.45, 2.75) is 40.3 Å². The molecule has 6 heteroatoms. The third kappa shape index (κ3) is 6.65. The van der Waals surface area contributed by atoms with Gasteiger partial charge in [-0.05, 0) is 73.8 Å². The monoisotopic (exact) mass is 450 g/mol. The average Bonchev–Trinajstić information content (AvgIpc) is 2.80. The molecule has 170 valence electrons. The van der Waals surface area contributed by atoms with Crippen LogP contribution in [0.3, 0.4) is 0 Å². The molecule has 2 N–H and O–H groups in total. The summed E-state index contributed by atoms with van der Waals surface area (Å²) in [7, 11) is 0. The lowest BCUT2D eigenvalue weighted by Crippen LogP contribution is -2.41. The quantitative estimate of drug-likeness (QED) is 0.447. The zero-order valence-corrected chi connectivity index (χ0v) is 20.2. The number of pyridine rings is 1. The first kappa shape index (κ1) is 24.0. The van der Waals surface area contributed by atoms with Crippen LogP contribution in [-0.2, 0) is 13.1 Å². The lowest BCUT2D eigenvalue weighted by molar-refractivity contribution is 0.279. The maximum Gasteiger partial charge on any atom is 0.253 e. The summed E-state index contributed by atoms with van der Waals surface area (Å²) in [6.45, 7) is 11.4. The van der Waals surface area contributed by atoms with E-state index in [0.717, 1.165) is 54.6 Å². The van der Waals surface area contributed by atoms with Crippen molar-refractivity contribution in [3.63, 3.8) is 0 Å². The highest BCUT2D eigenvalue weighted by molar-refractivity contribution is 7.80. The van der Waals surface area contributed by atoms with E-state index < -0.39 is 0 Å². The summed E-state index contributed by atoms with van der Waals surface area (Å²) in [5.41, 5.74) is 3.86. The number of aromatic nitrogens is 1. The SMILES string of the molecule is CCN(CC)CCCN(Cc1cc2ccc(C)cc2[nH]c1=O)C(=S)NCc1ccccc1. The summed E-state index contributed by atoms with van der Waals surface area (Å²) in [4.78, 5) is 20.4. The van der Waals surface area contributed by atoms with Crippen LogP contribution in [0.5, 0.6) is 0 Å². The molecule has 3 aromatic rings. The Labute approximate surface area is 196 Å². The fourth-order valence-electron chi connectivity index (χ4n) is 3.85. The second-order valence-corrected chi connectivity index (χ2v) is 8.55. The number of thiocarbonyl (C=S) groups is 1. The van der Waals surface area contributed by atoms with Crippen LogP contribution in [0, 0.1) is 6.92 Å². The summed E-state index contributed by atoms with van der Waals surface area (Å²) in [5.74, 6) is 0. The fourth-order valence-corrected chi connectivity index (χ4v) is 4.07. The van der Waals surface area contributed by atoms with Gasteiger partial charge < -0.3 is 20.1 Å². The standard InChI is InChI=1S/C26H34N4OS/c1-4-29(5-2)14-9-15-30(26(32)27-18-21-10-7-6-8-11-21)19-23-17-22-13-12-20(3)16-24(22)28-25(23)31/h6-8,10-13,16-17H,4-5,9,14-15,18-19H2,1-3H3,(H,27,32)(H,28,31). The normalized spacial score (nSPS) is 11.1. The van der Waals surface area contributed by atoms with Gasteiger partial charge in [-0.2, -0.15) is 0 Å². The maximum absolute atomic E-state index is 12.8. The molecule has 0 saturated heterocycles. The highest BCUT2D eigenvalue weighted by Crippen LogP contribution is 2.14. The van der Waals surface area contributed by atoms with Crippen molar-refractivity contribution in [2.75, 3.05) is 26.2 Å². The first-order valence-corrected chi connectivity index (χ1v) is 11.8. The Balaban J connectivity index is 1.75. The minimum atomic E-state index is -0.0531. The molecule has 0 fully saturated rings. The number of aryl methyl sites for hydroxylation is 1. The minimum Gasteiger partial charge on any atom is -0.358 e. The van der Waals surface area contributed by atoms with Gasteiger partial charge in [-0.15, -0.1) is 0 Å². The molecule has 1 heterocycles. The molecule has 3 rings (SSSR count). The van der Waals surface area contributed by atoms with Crippen LogP contribution in [0.15, 0.2) is 59.4 Å². The third-order valence-corrected chi connectivity index (χ3v) is 6.21. The summed E-state index contributed by atoms with van der Waals surface area (Å²) >= 11 is 5.75. The van der Waals surface area contributed by atoms with E-state index in [-0.39, 0.29) is 5.56 Å². The second kappa shape index (κ2) is 11.8. The van der Waals surface area contributed by atoms with Crippen LogP contribution in [0.2, 0.25) is 0 Å². The Bertz CT molecular complexity index is 1080. The number of rotatable bonds is 10. The van der Waals surface area contributed by atoms with Crippen LogP contribution in [0.4, 0.5) is 0 Å². The molecular weight excluding hydrogens is 416 g/mol. The predicted molar refractivity (Wildman–Crippen MR) is 138 cm³/mol. The van der Waals surface area contributed by atoms with Crippen LogP contribution < -0.4 is 10.9 Å². The van der Waals surface area contributed by atoms with Crippen molar-refractivity contribution in [1.82, 2.24) is 20.1 Å². The molecule has 0 aliphatic heterocycles. The number of aromatic amines is 1. The molecule has 0 unspecified atom stereocenters. The zero-order valence-electron chi connectivity index (χ0n) is 19.4. The van der Waals surface area contributed by atoms with Crippen molar-refractivity contribution < 1.29 is 0 Å². The molecule has 0 atom stereocenters. The summed E-state index contributed by atoms with van der Waals surface area (Å²) in [5, 5.41) is 5.10. The summed E-state index contributed by atoms with van der Waals surface area (Å²) in [6, 6.07) is 18.3. The van der Waals surface area contributed by atoms with Crippen molar-refractivity contribution >= 4 is 28.2 Å². The topological polar surface area (TPSA) is 51.4 Å². The number of hydrogen-bond acceptors (Lipinski definition) is 3. The van der Waals surface area contributed by atoms with Gasteiger partial charge in [0.25, 0.3) is 5.56 Å². The maximum atomic E-state index is 12.8. The molecule has 32 heavy (non-hydrogen) atoms. The van der Waals surface area contributed by atoms with E-state index >= 15 is 0 Å². The Morgan fingerprint density at radius 2 is 1.78 bits per heavy atom. The van der Waals surface area contributed by atoms with E-state index in [2.05, 4.69) is 58.2 Å². The highest BCUT2D eigenvalue weighted by atomic mass is 32.1. The molecule has 1 aromatic heterocycles. The van der Waals surface area contributed by atoms with Crippen LogP contribution in [0.25, 0.3) is 10.9 Å². The van der Waals surface area contributed by atoms with E-state index in [1.54, 1.807) is 0 Å². The number of benzene rings is 2. The number of hydrogen-bond donors (Lipinski definition) is 2. The van der Waals surface area contributed by atoms with Crippen LogP contribution >= 0.6 is 12.2 Å². The van der Waals surface area contributed by atoms with Gasteiger partial charge in [-0.25, -0.2) is 0 Å². The molecular formula is C26H34N4OS. The van der Waals surface area contributed by atoms with E-state index in [0.29, 0.717) is 18.2 Å². The molecule has 0 spiro atoms. The van der Waals surface area contributed by atoms with Gasteiger partial charge in [0.1, 0.15) is 0 Å². The van der Waals surface area contributed by atoms with Gasteiger partial charge in [0.2, 0.25) is 0 Å². The number of nitrogens with one attached hydrogen (secondary N) is 2. The molecule has 0 radical (unpaired) electrons. The minimum absolute atomic E-state index is 0.0531. The summed E-state index contributed by atoms with van der Waals surface area (Å²) in [6.07, 6.45) is 0.986. The van der Waals surface area contributed by atoms with Gasteiger partial charge in [0.05, 0.1) is 6.54 Å². The lowest BCUT2D eigenvalue weighted by Gasteiger charge is -2.27. The smallest absolute Gasteiger partial charge is 0.253 e. The van der Waals surface area contributed by atoms with E-state index in [1.807, 2.05) is 37.3 Å². The fraction of sp³-hybridized carbons (Fsp3) is 0.385. The molecule has 0 bridgehead atoms. The van der Waals surface area contributed by atoms with Gasteiger partial charge >= 0.3 is 0 Å². The number of fused-ring (bicyclic) bond motifs is 1. The van der Waals surface area contributed by atoms with Crippen LogP contribution in [-0.4, -0.2) is 46.1 Å². The lowest BCUT2D eigenvalue weighted by atomic mass is 10.1. The Morgan fingerprint density at radius 3 is 2.50 bits per heavy atom. The van der Waals surface area contributed by atoms with Crippen molar-refractivity contribution in [3.05, 3.63) is 81.6 Å². The predicted octanol–water partition coefficient (Wildman–Crippen LogP) is 4.45. The second-order valence-electron chi connectivity index (χ2n) is 8.16. The molecule has 0 aliphatic carbocycles. The van der Waals surface area contributed by atoms with E-state index in [1.165, 1.54) is 5.56 Å². The zero-order chi connectivity index (χ0) is 22.9. The first-order valence-electron chi connectivity index (χ1n) is 11.4. The van der Waals surface area contributed by atoms with Crippen molar-refractivity contribution in [1.29, 1.82) is 0 Å². The highest BCUT2D eigenvalue weighted by Gasteiger charge is 2.14. The van der Waals surface area contributed by atoms with E-state index in [4.69, 9.17) is 12.2 Å². The molecule has 5 nitrogen and oxygen atoms in total. The first-order chi connectivity index (χ1) is 15.5. The average molecular weight is 451 g/mol. The molecule has 0 aliphatic rings. The van der Waals surface area contributed by atoms with Gasteiger partial charge in [-0.1, -0.05) is 56.3 Å². The largest absolute Gasteiger partial charge is 0.358 e. The molecule has 0 amide bonds. The number of H-pyrrole nitrogens is 1. The Hall–Kier alpha value is -2.70. The molecule has 2 aromatic carbocycles. The van der Waals surface area contributed by atoms with Gasteiger partial charge in [-0.3, -0.25) is 4.79 Å². The Kier molecular flexibility index (Phi) is 8.82. The summed E-state index contributed by atoms with van der Waals surface area (Å²) < 4.78 is 0. The molecule has 0 saturated carbocycles. The van der Waals surface area contributed by atoms with Crippen molar-refractivity contribution in [3.8, 4) is 0 Å². The van der Waals surface area contributed by atoms with Crippen LogP contribution in [0.1, 0.15) is 37.0 Å².